The molecule has 0 saturated carbocycles. The molecule has 1 unspecified atom stereocenters. The zero-order valence-electron chi connectivity index (χ0n) is 21.3. The van der Waals surface area contributed by atoms with E-state index in [1.54, 1.807) is 21.9 Å². The number of hydrogen-bond donors (Lipinski definition) is 1. The van der Waals surface area contributed by atoms with E-state index in [1.807, 2.05) is 63.2 Å². The highest BCUT2D eigenvalue weighted by atomic mass is 35.5. The second kappa shape index (κ2) is 11.5. The highest BCUT2D eigenvalue weighted by Crippen LogP contribution is 2.37. The molecular formula is C29H31Cl2N3O3. The molecule has 0 aliphatic carbocycles. The molecule has 1 aliphatic heterocycles. The van der Waals surface area contributed by atoms with E-state index in [-0.39, 0.29) is 36.7 Å². The van der Waals surface area contributed by atoms with E-state index >= 15 is 0 Å². The Morgan fingerprint density at radius 1 is 1.03 bits per heavy atom. The van der Waals surface area contributed by atoms with Gasteiger partial charge in [0.2, 0.25) is 11.8 Å². The van der Waals surface area contributed by atoms with E-state index in [2.05, 4.69) is 5.32 Å². The summed E-state index contributed by atoms with van der Waals surface area (Å²) in [6, 6.07) is 16.2. The molecule has 3 aromatic rings. The lowest BCUT2D eigenvalue weighted by Crippen LogP contribution is -2.50. The number of anilines is 1. The maximum Gasteiger partial charge on any atom is 0.258 e. The van der Waals surface area contributed by atoms with Gasteiger partial charge in [0.25, 0.3) is 5.91 Å². The van der Waals surface area contributed by atoms with Gasteiger partial charge in [0.05, 0.1) is 15.7 Å². The van der Waals surface area contributed by atoms with Crippen LogP contribution in [0.15, 0.2) is 54.6 Å². The fourth-order valence-corrected chi connectivity index (χ4v) is 5.19. The second-order valence-corrected chi connectivity index (χ2v) is 10.4. The van der Waals surface area contributed by atoms with Gasteiger partial charge < -0.3 is 15.1 Å². The number of nitrogens with one attached hydrogen (secondary N) is 1. The van der Waals surface area contributed by atoms with E-state index in [0.29, 0.717) is 35.0 Å². The van der Waals surface area contributed by atoms with Gasteiger partial charge in [-0.2, -0.15) is 0 Å². The standard InChI is InChI=1S/C29H31Cl2N3O3/c1-4-24(28(36)32-18(2)3)34(17-19-13-14-22(30)23(31)16-19)26(35)12-7-15-33-25-11-6-9-20-8-5-10-21(27(20)25)29(33)37/h5-6,8-11,13-14,16,18,24H,4,7,12,15,17H2,1-3H3,(H,32,36). The molecule has 4 rings (SSSR count). The quantitative estimate of drug-likeness (QED) is 0.332. The van der Waals surface area contributed by atoms with E-state index in [4.69, 9.17) is 23.2 Å². The number of amides is 3. The van der Waals surface area contributed by atoms with Crippen molar-refractivity contribution in [2.45, 2.75) is 58.7 Å². The van der Waals surface area contributed by atoms with Gasteiger partial charge in [-0.1, -0.05) is 60.5 Å². The Bertz CT molecular complexity index is 1340. The van der Waals surface area contributed by atoms with Crippen LogP contribution < -0.4 is 10.2 Å². The Kier molecular flexibility index (Phi) is 8.40. The summed E-state index contributed by atoms with van der Waals surface area (Å²) in [7, 11) is 0. The Morgan fingerprint density at radius 2 is 1.76 bits per heavy atom. The van der Waals surface area contributed by atoms with Crippen molar-refractivity contribution in [3.05, 3.63) is 75.8 Å². The molecule has 0 fully saturated rings. The lowest BCUT2D eigenvalue weighted by Gasteiger charge is -2.31. The fraction of sp³-hybridized carbons (Fsp3) is 0.345. The molecule has 0 aromatic heterocycles. The molecule has 3 amide bonds. The van der Waals surface area contributed by atoms with Gasteiger partial charge in [0, 0.05) is 36.5 Å². The number of nitrogens with zero attached hydrogens (tertiary/aromatic N) is 2. The summed E-state index contributed by atoms with van der Waals surface area (Å²) in [6.45, 7) is 6.31. The van der Waals surface area contributed by atoms with E-state index in [1.165, 1.54) is 0 Å². The third-order valence-electron chi connectivity index (χ3n) is 6.58. The van der Waals surface area contributed by atoms with Crippen LogP contribution in [0, 0.1) is 0 Å². The number of hydrogen-bond acceptors (Lipinski definition) is 3. The largest absolute Gasteiger partial charge is 0.352 e. The molecule has 0 radical (unpaired) electrons. The second-order valence-electron chi connectivity index (χ2n) is 9.60. The van der Waals surface area contributed by atoms with Crippen molar-refractivity contribution in [1.29, 1.82) is 0 Å². The molecular weight excluding hydrogens is 509 g/mol. The summed E-state index contributed by atoms with van der Waals surface area (Å²) < 4.78 is 0. The Balaban J connectivity index is 1.50. The first kappa shape index (κ1) is 27.0. The minimum Gasteiger partial charge on any atom is -0.352 e. The first-order valence-corrected chi connectivity index (χ1v) is 13.3. The topological polar surface area (TPSA) is 69.7 Å². The zero-order valence-corrected chi connectivity index (χ0v) is 22.8. The molecule has 1 N–H and O–H groups in total. The van der Waals surface area contributed by atoms with Crippen molar-refractivity contribution < 1.29 is 14.4 Å². The summed E-state index contributed by atoms with van der Waals surface area (Å²) in [6.07, 6.45) is 1.13. The summed E-state index contributed by atoms with van der Waals surface area (Å²) in [5.41, 5.74) is 2.36. The molecule has 0 spiro atoms. The minimum absolute atomic E-state index is 0.0466. The van der Waals surface area contributed by atoms with E-state index in [0.717, 1.165) is 22.0 Å². The summed E-state index contributed by atoms with van der Waals surface area (Å²) >= 11 is 12.3. The van der Waals surface area contributed by atoms with Crippen LogP contribution in [0.3, 0.4) is 0 Å². The van der Waals surface area contributed by atoms with Gasteiger partial charge in [0.15, 0.2) is 0 Å². The lowest BCUT2D eigenvalue weighted by molar-refractivity contribution is -0.141. The normalized spacial score (nSPS) is 13.4. The van der Waals surface area contributed by atoms with Crippen molar-refractivity contribution >= 4 is 57.4 Å². The Hall–Kier alpha value is -3.09. The highest BCUT2D eigenvalue weighted by Gasteiger charge is 2.31. The maximum atomic E-state index is 13.5. The molecule has 194 valence electrons. The Morgan fingerprint density at radius 3 is 2.43 bits per heavy atom. The molecule has 6 nitrogen and oxygen atoms in total. The van der Waals surface area contributed by atoms with Crippen molar-refractivity contribution in [3.63, 3.8) is 0 Å². The van der Waals surface area contributed by atoms with Crippen LogP contribution in [0.2, 0.25) is 10.0 Å². The number of carbonyl (C=O) groups excluding carboxylic acids is 3. The van der Waals surface area contributed by atoms with Crippen LogP contribution in [-0.2, 0) is 16.1 Å². The molecule has 37 heavy (non-hydrogen) atoms. The van der Waals surface area contributed by atoms with Crippen molar-refractivity contribution in [2.24, 2.45) is 0 Å². The van der Waals surface area contributed by atoms with Gasteiger partial charge in [-0.05, 0) is 61.9 Å². The zero-order chi connectivity index (χ0) is 26.7. The number of halogens is 2. The summed E-state index contributed by atoms with van der Waals surface area (Å²) in [5, 5.41) is 5.74. The van der Waals surface area contributed by atoms with Gasteiger partial charge >= 0.3 is 0 Å². The first-order chi connectivity index (χ1) is 17.7. The van der Waals surface area contributed by atoms with Crippen LogP contribution in [0.25, 0.3) is 10.8 Å². The van der Waals surface area contributed by atoms with E-state index in [9.17, 15) is 14.4 Å². The molecule has 1 heterocycles. The number of rotatable bonds is 10. The lowest BCUT2D eigenvalue weighted by atomic mass is 10.1. The predicted octanol–water partition coefficient (Wildman–Crippen LogP) is 6.22. The van der Waals surface area contributed by atoms with Gasteiger partial charge in [0.1, 0.15) is 6.04 Å². The van der Waals surface area contributed by atoms with Crippen LogP contribution in [0.1, 0.15) is 56.0 Å². The fourth-order valence-electron chi connectivity index (χ4n) is 4.87. The predicted molar refractivity (Wildman–Crippen MR) is 149 cm³/mol. The third kappa shape index (κ3) is 5.76. The van der Waals surface area contributed by atoms with Gasteiger partial charge in [-0.25, -0.2) is 0 Å². The molecule has 1 atom stereocenters. The maximum absolute atomic E-state index is 13.5. The van der Waals surface area contributed by atoms with Crippen molar-refractivity contribution in [1.82, 2.24) is 10.2 Å². The van der Waals surface area contributed by atoms with Crippen LogP contribution in [0.4, 0.5) is 5.69 Å². The monoisotopic (exact) mass is 539 g/mol. The first-order valence-electron chi connectivity index (χ1n) is 12.6. The van der Waals surface area contributed by atoms with Crippen LogP contribution in [0.5, 0.6) is 0 Å². The van der Waals surface area contributed by atoms with Crippen LogP contribution >= 0.6 is 23.2 Å². The van der Waals surface area contributed by atoms with Crippen molar-refractivity contribution in [2.75, 3.05) is 11.4 Å². The highest BCUT2D eigenvalue weighted by molar-refractivity contribution is 6.42. The van der Waals surface area contributed by atoms with Crippen LogP contribution in [-0.4, -0.2) is 41.2 Å². The number of carbonyl (C=O) groups is 3. The van der Waals surface area contributed by atoms with Gasteiger partial charge in [-0.15, -0.1) is 0 Å². The molecule has 0 bridgehead atoms. The summed E-state index contributed by atoms with van der Waals surface area (Å²) in [4.78, 5) is 43.0. The average molecular weight is 540 g/mol. The van der Waals surface area contributed by atoms with E-state index < -0.39 is 6.04 Å². The van der Waals surface area contributed by atoms with Crippen molar-refractivity contribution in [3.8, 4) is 0 Å². The number of benzene rings is 3. The smallest absolute Gasteiger partial charge is 0.258 e. The molecule has 1 aliphatic rings. The molecule has 8 heteroatoms. The summed E-state index contributed by atoms with van der Waals surface area (Å²) in [5.74, 6) is -0.392. The minimum atomic E-state index is -0.629. The molecule has 3 aromatic carbocycles. The third-order valence-corrected chi connectivity index (χ3v) is 7.31. The van der Waals surface area contributed by atoms with Gasteiger partial charge in [-0.3, -0.25) is 14.4 Å². The molecule has 0 saturated heterocycles. The average Bonchev–Trinajstić information content (AvgIpc) is 3.13. The SMILES string of the molecule is CCC(C(=O)NC(C)C)N(Cc1ccc(Cl)c(Cl)c1)C(=O)CCCN1C(=O)c2cccc3cccc1c23. The Labute approximate surface area is 227 Å².